The minimum Gasteiger partial charge on any atom is -0.330 e. The average Bonchev–Trinajstić information content (AvgIpc) is 2.35. The average molecular weight is 188 g/mol. The number of rotatable bonds is 3. The molecule has 2 N–H and O–H groups in total. The smallest absolute Gasteiger partial charge is 0.0817 e. The van der Waals surface area contributed by atoms with E-state index in [2.05, 4.69) is 12.0 Å². The summed E-state index contributed by atoms with van der Waals surface area (Å²) in [5.74, 6) is 0.456. The molecule has 1 aromatic heterocycles. The molecule has 1 atom stereocenters. The summed E-state index contributed by atoms with van der Waals surface area (Å²) in [6.45, 7) is 2.78. The number of aryl methyl sites for hydroxylation is 1. The first-order valence-corrected chi connectivity index (χ1v) is 4.39. The van der Waals surface area contributed by atoms with Crippen molar-refractivity contribution in [1.29, 1.82) is 0 Å². The summed E-state index contributed by atoms with van der Waals surface area (Å²) >= 11 is 5.92. The normalized spacial score (nSPS) is 13.3. The molecule has 68 valence electrons. The van der Waals surface area contributed by atoms with Gasteiger partial charge in [-0.1, -0.05) is 18.5 Å². The molecule has 1 heterocycles. The summed E-state index contributed by atoms with van der Waals surface area (Å²) < 4.78 is 1.80. The maximum absolute atomic E-state index is 5.92. The van der Waals surface area contributed by atoms with Crippen LogP contribution in [0.3, 0.4) is 0 Å². The van der Waals surface area contributed by atoms with Crippen molar-refractivity contribution in [3.05, 3.63) is 16.9 Å². The second kappa shape index (κ2) is 3.92. The molecule has 0 spiro atoms. The van der Waals surface area contributed by atoms with E-state index in [1.807, 2.05) is 7.05 Å². The third kappa shape index (κ3) is 1.99. The first kappa shape index (κ1) is 9.55. The number of nitrogens with zero attached hydrogens (tertiary/aromatic N) is 2. The van der Waals surface area contributed by atoms with Gasteiger partial charge in [-0.05, 0) is 18.9 Å². The predicted molar refractivity (Wildman–Crippen MR) is 50.1 cm³/mol. The molecule has 0 aliphatic rings. The molecule has 1 aromatic rings. The van der Waals surface area contributed by atoms with Crippen LogP contribution in [0.15, 0.2) is 6.20 Å². The lowest BCUT2D eigenvalue weighted by atomic mass is 10.1. The minimum atomic E-state index is 0.456. The fourth-order valence-corrected chi connectivity index (χ4v) is 1.32. The molecule has 4 heteroatoms. The van der Waals surface area contributed by atoms with Gasteiger partial charge in [-0.3, -0.25) is 4.68 Å². The summed E-state index contributed by atoms with van der Waals surface area (Å²) in [6.07, 6.45) is 2.56. The van der Waals surface area contributed by atoms with E-state index in [9.17, 15) is 0 Å². The number of aromatic nitrogens is 2. The third-order valence-corrected chi connectivity index (χ3v) is 2.27. The van der Waals surface area contributed by atoms with E-state index in [-0.39, 0.29) is 0 Å². The first-order valence-electron chi connectivity index (χ1n) is 4.01. The Hall–Kier alpha value is -0.540. The Balaban J connectivity index is 2.73. The maximum atomic E-state index is 5.92. The van der Waals surface area contributed by atoms with Crippen LogP contribution in [0.4, 0.5) is 0 Å². The van der Waals surface area contributed by atoms with Gasteiger partial charge in [-0.2, -0.15) is 5.10 Å². The molecule has 0 aliphatic carbocycles. The molecule has 0 saturated carbocycles. The Morgan fingerprint density at radius 3 is 2.83 bits per heavy atom. The Morgan fingerprint density at radius 2 is 2.42 bits per heavy atom. The highest BCUT2D eigenvalue weighted by molar-refractivity contribution is 6.31. The molecule has 0 aromatic carbocycles. The van der Waals surface area contributed by atoms with Crippen LogP contribution in [0.25, 0.3) is 0 Å². The van der Waals surface area contributed by atoms with Gasteiger partial charge in [0.05, 0.1) is 16.9 Å². The zero-order chi connectivity index (χ0) is 9.14. The summed E-state index contributed by atoms with van der Waals surface area (Å²) in [7, 11) is 1.89. The Bertz CT molecular complexity index is 237. The number of halogens is 1. The lowest BCUT2D eigenvalue weighted by Gasteiger charge is -2.08. The fourth-order valence-electron chi connectivity index (χ4n) is 1.08. The van der Waals surface area contributed by atoms with Crippen molar-refractivity contribution in [2.24, 2.45) is 18.7 Å². The standard InChI is InChI=1S/C8H14ClN3/c1-6(4-10)3-8-7(9)5-11-12(8)2/h5-6H,3-4,10H2,1-2H3. The lowest BCUT2D eigenvalue weighted by molar-refractivity contribution is 0.559. The largest absolute Gasteiger partial charge is 0.330 e. The minimum absolute atomic E-state index is 0.456. The lowest BCUT2D eigenvalue weighted by Crippen LogP contribution is -2.15. The van der Waals surface area contributed by atoms with E-state index in [1.165, 1.54) is 0 Å². The third-order valence-electron chi connectivity index (χ3n) is 1.95. The van der Waals surface area contributed by atoms with Crippen LogP contribution in [0.5, 0.6) is 0 Å². The molecule has 1 rings (SSSR count). The van der Waals surface area contributed by atoms with Crippen molar-refractivity contribution in [3.63, 3.8) is 0 Å². The van der Waals surface area contributed by atoms with Gasteiger partial charge in [-0.15, -0.1) is 0 Å². The molecule has 12 heavy (non-hydrogen) atoms. The first-order chi connectivity index (χ1) is 5.65. The van der Waals surface area contributed by atoms with Gasteiger partial charge in [0.15, 0.2) is 0 Å². The second-order valence-electron chi connectivity index (χ2n) is 3.11. The number of nitrogens with two attached hydrogens (primary N) is 1. The summed E-state index contributed by atoms with van der Waals surface area (Å²) in [5, 5.41) is 4.78. The molecule has 0 aliphatic heterocycles. The predicted octanol–water partition coefficient (Wildman–Crippen LogP) is 1.21. The van der Waals surface area contributed by atoms with Gasteiger partial charge in [0.2, 0.25) is 0 Å². The monoisotopic (exact) mass is 187 g/mol. The molecule has 0 amide bonds. The van der Waals surface area contributed by atoms with Crippen molar-refractivity contribution >= 4 is 11.6 Å². The van der Waals surface area contributed by atoms with Gasteiger partial charge in [0, 0.05) is 7.05 Å². The van der Waals surface area contributed by atoms with Crippen LogP contribution in [0, 0.1) is 5.92 Å². The van der Waals surface area contributed by atoms with Crippen molar-refractivity contribution in [1.82, 2.24) is 9.78 Å². The maximum Gasteiger partial charge on any atom is 0.0817 e. The van der Waals surface area contributed by atoms with Crippen molar-refractivity contribution in [3.8, 4) is 0 Å². The number of hydrogen-bond donors (Lipinski definition) is 1. The second-order valence-corrected chi connectivity index (χ2v) is 3.52. The Kier molecular flexibility index (Phi) is 3.12. The zero-order valence-corrected chi connectivity index (χ0v) is 8.17. The van der Waals surface area contributed by atoms with Crippen LogP contribution >= 0.6 is 11.6 Å². The Labute approximate surface area is 77.5 Å². The van der Waals surface area contributed by atoms with Crippen LogP contribution in [0.2, 0.25) is 5.02 Å². The topological polar surface area (TPSA) is 43.8 Å². The quantitative estimate of drug-likeness (QED) is 0.773. The van der Waals surface area contributed by atoms with Crippen molar-refractivity contribution in [2.45, 2.75) is 13.3 Å². The van der Waals surface area contributed by atoms with Gasteiger partial charge in [0.25, 0.3) is 0 Å². The number of hydrogen-bond acceptors (Lipinski definition) is 2. The van der Waals surface area contributed by atoms with Crippen LogP contribution in [-0.2, 0) is 13.5 Å². The van der Waals surface area contributed by atoms with Crippen molar-refractivity contribution in [2.75, 3.05) is 6.54 Å². The molecule has 0 radical (unpaired) electrons. The highest BCUT2D eigenvalue weighted by Gasteiger charge is 2.09. The van der Waals surface area contributed by atoms with Gasteiger partial charge >= 0.3 is 0 Å². The van der Waals surface area contributed by atoms with E-state index < -0.39 is 0 Å². The molecular weight excluding hydrogens is 174 g/mol. The summed E-state index contributed by atoms with van der Waals surface area (Å²) in [4.78, 5) is 0. The highest BCUT2D eigenvalue weighted by Crippen LogP contribution is 2.17. The summed E-state index contributed by atoms with van der Waals surface area (Å²) in [6, 6.07) is 0. The molecule has 3 nitrogen and oxygen atoms in total. The van der Waals surface area contributed by atoms with E-state index in [0.717, 1.165) is 17.1 Å². The van der Waals surface area contributed by atoms with E-state index in [1.54, 1.807) is 10.9 Å². The van der Waals surface area contributed by atoms with Crippen LogP contribution in [0.1, 0.15) is 12.6 Å². The Morgan fingerprint density at radius 1 is 1.75 bits per heavy atom. The molecule has 0 bridgehead atoms. The van der Waals surface area contributed by atoms with Gasteiger partial charge in [-0.25, -0.2) is 0 Å². The molecule has 0 fully saturated rings. The molecule has 0 saturated heterocycles. The van der Waals surface area contributed by atoms with Crippen LogP contribution in [-0.4, -0.2) is 16.3 Å². The zero-order valence-electron chi connectivity index (χ0n) is 7.42. The highest BCUT2D eigenvalue weighted by atomic mass is 35.5. The van der Waals surface area contributed by atoms with Crippen LogP contribution < -0.4 is 5.73 Å². The van der Waals surface area contributed by atoms with E-state index >= 15 is 0 Å². The summed E-state index contributed by atoms with van der Waals surface area (Å²) in [5.41, 5.74) is 6.58. The SMILES string of the molecule is CC(CN)Cc1c(Cl)cnn1C. The van der Waals surface area contributed by atoms with Gasteiger partial charge < -0.3 is 5.73 Å². The van der Waals surface area contributed by atoms with Gasteiger partial charge in [0.1, 0.15) is 0 Å². The van der Waals surface area contributed by atoms with Crippen molar-refractivity contribution < 1.29 is 0 Å². The fraction of sp³-hybridized carbons (Fsp3) is 0.625. The molecule has 1 unspecified atom stereocenters. The molecular formula is C8H14ClN3. The van der Waals surface area contributed by atoms with E-state index in [4.69, 9.17) is 17.3 Å². The van der Waals surface area contributed by atoms with E-state index in [0.29, 0.717) is 12.5 Å².